The average Bonchev–Trinajstić information content (AvgIpc) is 1.80. The van der Waals surface area contributed by atoms with Gasteiger partial charge in [0.25, 0.3) is 0 Å². The maximum absolute atomic E-state index is 15.1. The topological polar surface area (TPSA) is 466 Å². The number of benzene rings is 5. The van der Waals surface area contributed by atoms with Crippen molar-refractivity contribution in [2.24, 2.45) is 34.0 Å². The van der Waals surface area contributed by atoms with E-state index in [-0.39, 0.29) is 87.7 Å². The molecule has 99 heavy (non-hydrogen) atoms. The molecule has 0 saturated carbocycles. The second kappa shape index (κ2) is 38.2. The number of guanidine groups is 1. The molecule has 0 aliphatic carbocycles. The Kier molecular flexibility index (Phi) is 29.7. The van der Waals surface area contributed by atoms with Crippen LogP contribution in [0.3, 0.4) is 0 Å². The maximum Gasteiger partial charge on any atom is 0.325 e. The van der Waals surface area contributed by atoms with Crippen molar-refractivity contribution in [3.05, 3.63) is 167 Å². The number of phenols is 2. The summed E-state index contributed by atoms with van der Waals surface area (Å²) in [4.78, 5) is 149. The molecular weight excluding hydrogens is 1270 g/mol. The monoisotopic (exact) mass is 1360 g/mol. The number of aliphatic hydroxyl groups is 1. The van der Waals surface area contributed by atoms with Crippen LogP contribution in [-0.4, -0.2) is 164 Å². The number of carbonyl (C=O) groups excluding carboxylic acids is 9. The lowest BCUT2D eigenvalue weighted by Gasteiger charge is -2.30. The van der Waals surface area contributed by atoms with E-state index < -0.39 is 132 Å². The van der Waals surface area contributed by atoms with Crippen molar-refractivity contribution >= 4 is 76.0 Å². The summed E-state index contributed by atoms with van der Waals surface area (Å²) in [6, 6.07) is 21.8. The number of carboxylic acids is 1. The molecule has 0 bridgehead atoms. The number of aliphatic carboxylic acids is 1. The molecular formula is C71H92N14O14. The number of hydrogen-bond acceptors (Lipinski definition) is 15. The third-order valence-electron chi connectivity index (χ3n) is 16.6. The van der Waals surface area contributed by atoms with Crippen molar-refractivity contribution < 1.29 is 68.4 Å². The lowest BCUT2D eigenvalue weighted by molar-refractivity contribution is -0.141. The number of hydrogen-bond donors (Lipinski definition) is 17. The highest BCUT2D eigenvalue weighted by Crippen LogP contribution is 2.21. The summed E-state index contributed by atoms with van der Waals surface area (Å²) >= 11 is 0. The largest absolute Gasteiger partial charge is 0.508 e. The van der Waals surface area contributed by atoms with Crippen LogP contribution in [0.1, 0.15) is 88.1 Å². The number of carboxylic acid groups (broad SMARTS) is 1. The normalized spacial score (nSPS) is 14.5. The highest BCUT2D eigenvalue weighted by atomic mass is 16.4. The molecule has 0 spiro atoms. The van der Waals surface area contributed by atoms with Gasteiger partial charge in [-0.15, -0.1) is 0 Å². The number of H-pyrrole nitrogens is 1. The highest BCUT2D eigenvalue weighted by Gasteiger charge is 2.37. The molecule has 6 rings (SSSR count). The zero-order chi connectivity index (χ0) is 72.3. The quantitative estimate of drug-likeness (QED) is 0.0146. The molecule has 6 aromatic rings. The fraction of sp³-hybridized carbons (Fsp3) is 0.394. The van der Waals surface area contributed by atoms with Gasteiger partial charge in [-0.2, -0.15) is 0 Å². The van der Waals surface area contributed by atoms with Crippen molar-refractivity contribution in [1.82, 2.24) is 52.8 Å². The Hall–Kier alpha value is -10.9. The van der Waals surface area contributed by atoms with Gasteiger partial charge >= 0.3 is 5.97 Å². The molecule has 28 nitrogen and oxygen atoms in total. The molecule has 1 heterocycles. The van der Waals surface area contributed by atoms with Gasteiger partial charge in [0.05, 0.1) is 12.6 Å². The van der Waals surface area contributed by atoms with Gasteiger partial charge < -0.3 is 90.5 Å². The Balaban J connectivity index is 1.28. The van der Waals surface area contributed by atoms with Crippen LogP contribution >= 0.6 is 0 Å². The van der Waals surface area contributed by atoms with Gasteiger partial charge in [-0.1, -0.05) is 137 Å². The third-order valence-corrected chi connectivity index (χ3v) is 16.6. The molecule has 1 aromatic heterocycles. The van der Waals surface area contributed by atoms with Crippen molar-refractivity contribution in [3.8, 4) is 11.5 Å². The number of aromatic nitrogens is 1. The number of nitrogens with one attached hydrogen (secondary N) is 10. The number of fused-ring (bicyclic) bond motifs is 1. The van der Waals surface area contributed by atoms with Gasteiger partial charge in [0.15, 0.2) is 5.96 Å². The van der Waals surface area contributed by atoms with Crippen LogP contribution in [-0.2, 0) is 80.0 Å². The first-order chi connectivity index (χ1) is 47.2. The number of nitrogens with two attached hydrogens (primary N) is 3. The number of carbonyl (C=O) groups is 10. The molecule has 530 valence electrons. The van der Waals surface area contributed by atoms with Gasteiger partial charge in [0, 0.05) is 55.7 Å². The Morgan fingerprint density at radius 2 is 0.869 bits per heavy atom. The van der Waals surface area contributed by atoms with E-state index in [1.54, 1.807) is 86.8 Å². The maximum atomic E-state index is 15.1. The molecule has 0 fully saturated rings. The number of rotatable bonds is 38. The summed E-state index contributed by atoms with van der Waals surface area (Å²) in [5.41, 5.74) is 20.9. The van der Waals surface area contributed by atoms with Gasteiger partial charge in [0.1, 0.15) is 65.9 Å². The van der Waals surface area contributed by atoms with Crippen LogP contribution < -0.4 is 65.1 Å². The minimum absolute atomic E-state index is 0.0264. The standard InChI is InChI=1S/C71H92N14O14/c1-6-41(4)60(85-68(96)59(39-86)84-67(95)54(35-45-23-27-48(87)28-24-45)79-61(89)51(72)32-40(2)3)69(97)83-57(36-46-25-29-49(88)30-26-46)64(92)78-53(22-15-31-75-71(73)74)62(90)80-55(33-43-16-9-7-10-17-43)65(93)81-56(34-44-18-11-8-12-19-44)66(94)82-58(63(91)77-42(5)70(98)99)37-47-38-76-52-21-14-13-20-50(47)52/h7-14,16-21,23-30,38,40-42,51,53-60,76,86-88H,6,15,22,31-37,39,72H2,1-5H3,(H,77,91)(H,78,92)(H,79,89)(H,80,90)(H,81,93)(H,82,94)(H,83,97)(H,84,95)(H,85,96)(H,98,99)(H4,73,74,75)/t41-,42-,51-,53-,54-,55-,56-,57-,58-,59-,60-/m0/s1. The first-order valence-corrected chi connectivity index (χ1v) is 32.8. The molecule has 20 N–H and O–H groups in total. The second-order valence-electron chi connectivity index (χ2n) is 24.9. The van der Waals surface area contributed by atoms with Gasteiger partial charge in [-0.3, -0.25) is 52.9 Å². The number of aromatic hydroxyl groups is 2. The minimum Gasteiger partial charge on any atom is -0.508 e. The van der Waals surface area contributed by atoms with Crippen LogP contribution in [0.5, 0.6) is 11.5 Å². The summed E-state index contributed by atoms with van der Waals surface area (Å²) < 4.78 is 0. The van der Waals surface area contributed by atoms with Crippen molar-refractivity contribution in [2.75, 3.05) is 13.2 Å². The number of amides is 9. The number of phenolic OH excluding ortho intramolecular Hbond substituents is 2. The second-order valence-corrected chi connectivity index (χ2v) is 24.9. The molecule has 0 radical (unpaired) electrons. The van der Waals surface area contributed by atoms with Crippen molar-refractivity contribution in [3.63, 3.8) is 0 Å². The first kappa shape index (κ1) is 77.1. The third kappa shape index (κ3) is 24.6. The van der Waals surface area contributed by atoms with Crippen LogP contribution in [0.2, 0.25) is 0 Å². The predicted octanol–water partition coefficient (Wildman–Crippen LogP) is 1.03. The Labute approximate surface area is 573 Å². The number of nitrogens with zero attached hydrogens (tertiary/aromatic N) is 1. The summed E-state index contributed by atoms with van der Waals surface area (Å²) in [7, 11) is 0. The summed E-state index contributed by atoms with van der Waals surface area (Å²) in [5.74, 6) is -10.2. The van der Waals surface area contributed by atoms with E-state index in [4.69, 9.17) is 17.2 Å². The van der Waals surface area contributed by atoms with E-state index in [2.05, 4.69) is 57.8 Å². The van der Waals surface area contributed by atoms with Crippen LogP contribution in [0.15, 0.2) is 145 Å². The Bertz CT molecular complexity index is 3720. The van der Waals surface area contributed by atoms with E-state index >= 15 is 14.4 Å². The van der Waals surface area contributed by atoms with Crippen LogP contribution in [0, 0.1) is 11.8 Å². The van der Waals surface area contributed by atoms with E-state index in [0.717, 1.165) is 10.9 Å². The average molecular weight is 1370 g/mol. The number of aliphatic hydroxyl groups excluding tert-OH is 1. The molecule has 0 aliphatic rings. The number of aliphatic imine (C=N–C) groups is 1. The van der Waals surface area contributed by atoms with E-state index in [0.29, 0.717) is 27.8 Å². The number of aromatic amines is 1. The predicted molar refractivity (Wildman–Crippen MR) is 370 cm³/mol. The van der Waals surface area contributed by atoms with Crippen LogP contribution in [0.4, 0.5) is 0 Å². The lowest BCUT2D eigenvalue weighted by Crippen LogP contribution is -2.62. The van der Waals surface area contributed by atoms with Gasteiger partial charge in [-0.05, 0) is 96.2 Å². The van der Waals surface area contributed by atoms with E-state index in [1.807, 2.05) is 32.0 Å². The van der Waals surface area contributed by atoms with Gasteiger partial charge in [-0.25, -0.2) is 0 Å². The summed E-state index contributed by atoms with van der Waals surface area (Å²) in [6.07, 6.45) is 1.34. The van der Waals surface area contributed by atoms with E-state index in [1.165, 1.54) is 55.5 Å². The summed E-state index contributed by atoms with van der Waals surface area (Å²) in [5, 5.41) is 65.2. The van der Waals surface area contributed by atoms with Crippen molar-refractivity contribution in [2.45, 2.75) is 153 Å². The SMILES string of the molecule is CC[C@H](C)[C@H](NC(=O)[C@H](CO)NC(=O)[C@H](Cc1ccc(O)cc1)NC(=O)[C@@H](N)CC(C)C)C(=O)N[C@@H](Cc1ccc(O)cc1)C(=O)N[C@@H](CCCN=C(N)N)C(=O)N[C@@H](Cc1ccccc1)C(=O)N[C@@H](Cc1ccccc1)C(=O)N[C@@H](Cc1c[nH]c2ccccc12)C(=O)N[C@@H](C)C(=O)O. The lowest BCUT2D eigenvalue weighted by atomic mass is 9.96. The molecule has 9 amide bonds. The molecule has 0 unspecified atom stereocenters. The Morgan fingerprint density at radius 1 is 0.475 bits per heavy atom. The zero-order valence-corrected chi connectivity index (χ0v) is 56.0. The van der Waals surface area contributed by atoms with Crippen molar-refractivity contribution in [1.29, 1.82) is 0 Å². The fourth-order valence-corrected chi connectivity index (χ4v) is 10.8. The minimum atomic E-state index is -1.70. The van der Waals surface area contributed by atoms with Gasteiger partial charge in [0.2, 0.25) is 53.2 Å². The fourth-order valence-electron chi connectivity index (χ4n) is 10.8. The highest BCUT2D eigenvalue weighted by molar-refractivity contribution is 5.99. The van der Waals surface area contributed by atoms with Crippen LogP contribution in [0.25, 0.3) is 10.9 Å². The Morgan fingerprint density at radius 3 is 1.32 bits per heavy atom. The molecule has 0 saturated heterocycles. The molecule has 0 aliphatic heterocycles. The van der Waals surface area contributed by atoms with E-state index in [9.17, 15) is 54.0 Å². The molecule has 11 atom stereocenters. The smallest absolute Gasteiger partial charge is 0.325 e. The molecule has 5 aromatic carbocycles. The summed E-state index contributed by atoms with van der Waals surface area (Å²) in [6.45, 7) is 7.37. The zero-order valence-electron chi connectivity index (χ0n) is 56.0. The number of para-hydroxylation sites is 1. The first-order valence-electron chi connectivity index (χ1n) is 32.8. The molecule has 28 heteroatoms.